The van der Waals surface area contributed by atoms with Gasteiger partial charge in [0.15, 0.2) is 0 Å². The molecule has 3 aromatic carbocycles. The van der Waals surface area contributed by atoms with Crippen molar-refractivity contribution < 1.29 is 18.3 Å². The first kappa shape index (κ1) is 20.4. The van der Waals surface area contributed by atoms with Crippen LogP contribution >= 0.6 is 0 Å². The van der Waals surface area contributed by atoms with E-state index in [1.807, 2.05) is 42.3 Å². The van der Waals surface area contributed by atoms with E-state index in [0.717, 1.165) is 5.56 Å². The third-order valence-electron chi connectivity index (χ3n) is 4.54. The van der Waals surface area contributed by atoms with Crippen molar-refractivity contribution in [3.05, 3.63) is 89.5 Å². The van der Waals surface area contributed by atoms with Gasteiger partial charge in [-0.25, -0.2) is 13.2 Å². The number of nitrogens with zero attached hydrogens (tertiary/aromatic N) is 1. The van der Waals surface area contributed by atoms with E-state index in [-0.39, 0.29) is 16.1 Å². The zero-order chi connectivity index (χ0) is 21.0. The van der Waals surface area contributed by atoms with Gasteiger partial charge in [-0.05, 0) is 42.3 Å². The van der Waals surface area contributed by atoms with Gasteiger partial charge in [0.1, 0.15) is 0 Å². The van der Waals surface area contributed by atoms with Crippen molar-refractivity contribution in [3.8, 4) is 0 Å². The summed E-state index contributed by atoms with van der Waals surface area (Å²) in [5, 5.41) is 9.34. The van der Waals surface area contributed by atoms with E-state index in [2.05, 4.69) is 4.72 Å². The Morgan fingerprint density at radius 1 is 1.00 bits per heavy atom. The predicted molar refractivity (Wildman–Crippen MR) is 114 cm³/mol. The molecule has 0 spiro atoms. The molecule has 0 unspecified atom stereocenters. The Balaban J connectivity index is 2.00. The summed E-state index contributed by atoms with van der Waals surface area (Å²) in [4.78, 5) is 13.4. The molecule has 0 atom stereocenters. The number of aromatic carboxylic acids is 1. The summed E-state index contributed by atoms with van der Waals surface area (Å²) in [7, 11) is -2.06. The van der Waals surface area contributed by atoms with Crippen molar-refractivity contribution in [3.63, 3.8) is 0 Å². The van der Waals surface area contributed by atoms with Crippen molar-refractivity contribution in [1.29, 1.82) is 0 Å². The number of anilines is 2. The van der Waals surface area contributed by atoms with E-state index in [9.17, 15) is 18.3 Å². The van der Waals surface area contributed by atoms with Gasteiger partial charge in [-0.3, -0.25) is 4.72 Å². The van der Waals surface area contributed by atoms with Crippen molar-refractivity contribution >= 4 is 27.4 Å². The van der Waals surface area contributed by atoms with Crippen LogP contribution in [-0.2, 0) is 16.6 Å². The van der Waals surface area contributed by atoms with E-state index in [1.165, 1.54) is 18.2 Å². The van der Waals surface area contributed by atoms with Crippen LogP contribution in [0.1, 0.15) is 21.5 Å². The Kier molecular flexibility index (Phi) is 5.89. The largest absolute Gasteiger partial charge is 0.478 e. The topological polar surface area (TPSA) is 86.7 Å². The van der Waals surface area contributed by atoms with Crippen LogP contribution in [0, 0.1) is 6.92 Å². The number of sulfonamides is 1. The average molecular weight is 410 g/mol. The van der Waals surface area contributed by atoms with E-state index in [1.54, 1.807) is 31.2 Å². The summed E-state index contributed by atoms with van der Waals surface area (Å²) in [6.07, 6.45) is 0. The SMILES string of the molecule is Cc1ccccc1S(=O)(=O)Nc1cc(C(=O)O)ccc1N(C)Cc1ccccc1. The summed E-state index contributed by atoms with van der Waals surface area (Å²) in [5.74, 6) is -1.13. The number of rotatable bonds is 7. The van der Waals surface area contributed by atoms with Crippen LogP contribution in [0.5, 0.6) is 0 Å². The highest BCUT2D eigenvalue weighted by molar-refractivity contribution is 7.92. The molecule has 29 heavy (non-hydrogen) atoms. The Bertz CT molecular complexity index is 1130. The Labute approximate surface area is 170 Å². The van der Waals surface area contributed by atoms with Gasteiger partial charge in [0.2, 0.25) is 0 Å². The number of hydrogen-bond acceptors (Lipinski definition) is 4. The van der Waals surface area contributed by atoms with Gasteiger partial charge < -0.3 is 10.0 Å². The highest BCUT2D eigenvalue weighted by Gasteiger charge is 2.20. The molecule has 0 aliphatic heterocycles. The number of benzene rings is 3. The van der Waals surface area contributed by atoms with Gasteiger partial charge in [0.05, 0.1) is 21.8 Å². The summed E-state index contributed by atoms with van der Waals surface area (Å²) < 4.78 is 28.5. The molecule has 0 fully saturated rings. The highest BCUT2D eigenvalue weighted by atomic mass is 32.2. The Morgan fingerprint density at radius 2 is 1.66 bits per heavy atom. The monoisotopic (exact) mass is 410 g/mol. The maximum Gasteiger partial charge on any atom is 0.335 e. The third kappa shape index (κ3) is 4.75. The van der Waals surface area contributed by atoms with Gasteiger partial charge in [-0.15, -0.1) is 0 Å². The zero-order valence-electron chi connectivity index (χ0n) is 16.2. The number of carboxylic acid groups (broad SMARTS) is 1. The molecule has 0 saturated carbocycles. The number of hydrogen-bond donors (Lipinski definition) is 2. The fraction of sp³-hybridized carbons (Fsp3) is 0.136. The molecule has 7 heteroatoms. The lowest BCUT2D eigenvalue weighted by Gasteiger charge is -2.23. The molecule has 0 aromatic heterocycles. The lowest BCUT2D eigenvalue weighted by Crippen LogP contribution is -2.21. The normalized spacial score (nSPS) is 11.1. The van der Waals surface area contributed by atoms with Crippen molar-refractivity contribution in [2.75, 3.05) is 16.7 Å². The molecule has 2 N–H and O–H groups in total. The molecular formula is C22H22N2O4S. The summed E-state index contributed by atoms with van der Waals surface area (Å²) >= 11 is 0. The second-order valence-corrected chi connectivity index (χ2v) is 8.40. The average Bonchev–Trinajstić information content (AvgIpc) is 2.68. The van der Waals surface area contributed by atoms with Gasteiger partial charge in [0, 0.05) is 13.6 Å². The Hall–Kier alpha value is -3.32. The van der Waals surface area contributed by atoms with Crippen LogP contribution in [0.2, 0.25) is 0 Å². The molecule has 0 amide bonds. The van der Waals surface area contributed by atoms with Crippen LogP contribution in [0.4, 0.5) is 11.4 Å². The summed E-state index contributed by atoms with van der Waals surface area (Å²) in [6.45, 7) is 2.25. The number of carbonyl (C=O) groups is 1. The maximum absolute atomic E-state index is 13.0. The number of carboxylic acids is 1. The lowest BCUT2D eigenvalue weighted by atomic mass is 10.1. The quantitative estimate of drug-likeness (QED) is 0.612. The zero-order valence-corrected chi connectivity index (χ0v) is 17.0. The van der Waals surface area contributed by atoms with E-state index in [0.29, 0.717) is 17.8 Å². The molecule has 6 nitrogen and oxygen atoms in total. The van der Waals surface area contributed by atoms with Crippen molar-refractivity contribution in [1.82, 2.24) is 0 Å². The first-order chi connectivity index (χ1) is 13.8. The van der Waals surface area contributed by atoms with E-state index >= 15 is 0 Å². The highest BCUT2D eigenvalue weighted by Crippen LogP contribution is 2.30. The second-order valence-electron chi connectivity index (χ2n) is 6.75. The number of aryl methyl sites for hydroxylation is 1. The third-order valence-corrected chi connectivity index (χ3v) is 6.07. The molecular weight excluding hydrogens is 388 g/mol. The Morgan fingerprint density at radius 3 is 2.31 bits per heavy atom. The molecule has 150 valence electrons. The van der Waals surface area contributed by atoms with Crippen LogP contribution < -0.4 is 9.62 Å². The van der Waals surface area contributed by atoms with Crippen LogP contribution in [0.15, 0.2) is 77.7 Å². The molecule has 0 heterocycles. The first-order valence-corrected chi connectivity index (χ1v) is 10.5. The van der Waals surface area contributed by atoms with Crippen LogP contribution in [0.3, 0.4) is 0 Å². The summed E-state index contributed by atoms with van der Waals surface area (Å²) in [5.41, 5.74) is 2.45. The molecule has 0 radical (unpaired) electrons. The van der Waals surface area contributed by atoms with Gasteiger partial charge in [0.25, 0.3) is 10.0 Å². The van der Waals surface area contributed by atoms with Crippen molar-refractivity contribution in [2.45, 2.75) is 18.4 Å². The molecule has 3 aromatic rings. The fourth-order valence-corrected chi connectivity index (χ4v) is 4.40. The minimum absolute atomic E-state index is 0.00402. The molecule has 3 rings (SSSR count). The summed E-state index contributed by atoms with van der Waals surface area (Å²) in [6, 6.07) is 20.8. The smallest absolute Gasteiger partial charge is 0.335 e. The predicted octanol–water partition coefficient (Wildman–Crippen LogP) is 4.13. The van der Waals surface area contributed by atoms with Crippen LogP contribution in [0.25, 0.3) is 0 Å². The molecule has 0 bridgehead atoms. The first-order valence-electron chi connectivity index (χ1n) is 8.99. The van der Waals surface area contributed by atoms with Gasteiger partial charge >= 0.3 is 5.97 Å². The lowest BCUT2D eigenvalue weighted by molar-refractivity contribution is 0.0697. The molecule has 0 aliphatic rings. The van der Waals surface area contributed by atoms with Crippen LogP contribution in [-0.4, -0.2) is 26.5 Å². The van der Waals surface area contributed by atoms with Gasteiger partial charge in [-0.1, -0.05) is 48.5 Å². The molecule has 0 saturated heterocycles. The van der Waals surface area contributed by atoms with Crippen molar-refractivity contribution in [2.24, 2.45) is 0 Å². The minimum atomic E-state index is -3.88. The maximum atomic E-state index is 13.0. The minimum Gasteiger partial charge on any atom is -0.478 e. The standard InChI is InChI=1S/C22H22N2O4S/c1-16-8-6-7-11-21(16)29(27,28)23-19-14-18(22(25)26)12-13-20(19)24(2)15-17-9-4-3-5-10-17/h3-14,23H,15H2,1-2H3,(H,25,26). The van der Waals surface area contributed by atoms with Gasteiger partial charge in [-0.2, -0.15) is 0 Å². The van der Waals surface area contributed by atoms with E-state index < -0.39 is 16.0 Å². The molecule has 0 aliphatic carbocycles. The fourth-order valence-electron chi connectivity index (χ4n) is 3.08. The second kappa shape index (κ2) is 8.36. The van der Waals surface area contributed by atoms with E-state index in [4.69, 9.17) is 0 Å². The number of nitrogens with one attached hydrogen (secondary N) is 1.